The molecule has 0 N–H and O–H groups in total. The van der Waals surface area contributed by atoms with Crippen LogP contribution in [0.25, 0.3) is 44.3 Å². The Kier molecular flexibility index (Phi) is 16.8. The summed E-state index contributed by atoms with van der Waals surface area (Å²) in [6.45, 7) is 14.0. The van der Waals surface area contributed by atoms with E-state index in [1.54, 1.807) is 22.3 Å². The summed E-state index contributed by atoms with van der Waals surface area (Å²) in [7, 11) is 0. The summed E-state index contributed by atoms with van der Waals surface area (Å²) < 4.78 is 20.9. The van der Waals surface area contributed by atoms with Gasteiger partial charge in [0.2, 0.25) is 0 Å². The Morgan fingerprint density at radius 3 is 0.950 bits per heavy atom. The summed E-state index contributed by atoms with van der Waals surface area (Å²) in [5.74, 6) is 0. The number of aryl methyl sites for hydroxylation is 2. The number of unbranched alkanes of at least 4 members (excludes halogenated alkanes) is 20. The van der Waals surface area contributed by atoms with Gasteiger partial charge in [0.1, 0.15) is 0 Å². The number of hydrogen-bond acceptors (Lipinski definition) is 4. The molecule has 7 rings (SSSR count). The van der Waals surface area contributed by atoms with Gasteiger partial charge in [-0.25, -0.2) is 0 Å². The van der Waals surface area contributed by atoms with E-state index in [0.29, 0.717) is 0 Å². The fourth-order valence-electron chi connectivity index (χ4n) is 11.7. The van der Waals surface area contributed by atoms with Crippen molar-refractivity contribution in [1.29, 1.82) is 0 Å². The molecule has 0 spiro atoms. The van der Waals surface area contributed by atoms with Gasteiger partial charge in [0.15, 0.2) is 0 Å². The van der Waals surface area contributed by atoms with E-state index in [1.165, 1.54) is 235 Å². The van der Waals surface area contributed by atoms with Crippen molar-refractivity contribution in [3.05, 3.63) is 57.6 Å². The number of benzene rings is 3. The molecule has 0 radical (unpaired) electrons. The van der Waals surface area contributed by atoms with Crippen molar-refractivity contribution in [2.75, 3.05) is 0 Å². The van der Waals surface area contributed by atoms with Crippen LogP contribution in [0.4, 0.5) is 0 Å². The van der Waals surface area contributed by atoms with Crippen LogP contribution in [-0.2, 0) is 10.8 Å². The van der Waals surface area contributed by atoms with Gasteiger partial charge in [-0.2, -0.15) is 0 Å². The van der Waals surface area contributed by atoms with Gasteiger partial charge in [0.25, 0.3) is 0 Å². The molecule has 3 aromatic carbocycles. The first-order valence-electron chi connectivity index (χ1n) is 25.2. The van der Waals surface area contributed by atoms with Crippen molar-refractivity contribution in [2.45, 2.75) is 232 Å². The molecule has 0 saturated heterocycles. The van der Waals surface area contributed by atoms with Crippen LogP contribution in [0.1, 0.15) is 241 Å². The zero-order valence-electron chi connectivity index (χ0n) is 38.7. The van der Waals surface area contributed by atoms with E-state index in [4.69, 9.17) is 15.9 Å². The van der Waals surface area contributed by atoms with Crippen molar-refractivity contribution in [3.63, 3.8) is 0 Å². The van der Waals surface area contributed by atoms with Crippen LogP contribution in [0.3, 0.4) is 0 Å². The van der Waals surface area contributed by atoms with Crippen LogP contribution >= 0.6 is 0 Å². The van der Waals surface area contributed by atoms with Gasteiger partial charge in [-0.05, 0) is 0 Å². The van der Waals surface area contributed by atoms with Crippen LogP contribution in [0.15, 0.2) is 24.3 Å². The van der Waals surface area contributed by atoms with Crippen molar-refractivity contribution in [3.8, 4) is 22.3 Å². The first-order chi connectivity index (χ1) is 29.5. The number of fused-ring (bicyclic) bond motifs is 10. The Bertz CT molecular complexity index is 1960. The summed E-state index contributed by atoms with van der Waals surface area (Å²) in [4.78, 5) is 0. The van der Waals surface area contributed by atoms with E-state index in [0.717, 1.165) is 0 Å². The predicted molar refractivity (Wildman–Crippen MR) is 260 cm³/mol. The van der Waals surface area contributed by atoms with Crippen LogP contribution < -0.4 is 0 Å². The number of aromatic nitrogens is 4. The number of hydrogen-bond donors (Lipinski definition) is 0. The molecule has 2 heterocycles. The molecule has 0 saturated carbocycles. The molecule has 0 bridgehead atoms. The molecule has 0 atom stereocenters. The van der Waals surface area contributed by atoms with Crippen molar-refractivity contribution < 1.29 is 0 Å². The van der Waals surface area contributed by atoms with Gasteiger partial charge >= 0.3 is 352 Å². The van der Waals surface area contributed by atoms with E-state index in [2.05, 4.69) is 65.8 Å². The third-order valence-electron chi connectivity index (χ3n) is 15.0. The second kappa shape index (κ2) is 22.0. The number of nitrogens with zero attached hydrogens (tertiary/aromatic N) is 4. The van der Waals surface area contributed by atoms with E-state index in [1.807, 2.05) is 0 Å². The van der Waals surface area contributed by atoms with Crippen LogP contribution in [0.2, 0.25) is 0 Å². The SMILES string of the molecule is CCCCCCCCC1(CCCCCCCC)c2cc3c(cc2-c2c1cc(C)c1n[se]nc21)C(CCCCCCCC)(CCCCCCCC)c1cc(C)c2n[se]nc2c1-3. The van der Waals surface area contributed by atoms with E-state index < -0.39 is 0 Å². The molecule has 0 unspecified atom stereocenters. The molecule has 0 amide bonds. The predicted octanol–water partition coefficient (Wildman–Crippen LogP) is 15.8. The molecule has 326 valence electrons. The fraction of sp³-hybridized carbons (Fsp3) is 0.667. The summed E-state index contributed by atoms with van der Waals surface area (Å²) >= 11 is -0.132. The van der Waals surface area contributed by atoms with Gasteiger partial charge in [-0.1, -0.05) is 27.7 Å². The van der Waals surface area contributed by atoms with Crippen LogP contribution in [0, 0.1) is 13.8 Å². The quantitative estimate of drug-likeness (QED) is 0.0370. The topological polar surface area (TPSA) is 51.6 Å². The summed E-state index contributed by atoms with van der Waals surface area (Å²) in [6.07, 6.45) is 37.0. The van der Waals surface area contributed by atoms with Crippen molar-refractivity contribution in [1.82, 2.24) is 15.9 Å². The minimum absolute atomic E-state index is 0.00338. The maximum absolute atomic E-state index is 5.33. The molecule has 6 heteroatoms. The maximum atomic E-state index is 5.33. The third kappa shape index (κ3) is 9.40. The summed E-state index contributed by atoms with van der Waals surface area (Å²) in [5.41, 5.74) is 19.8. The Hall–Kier alpha value is -2.10. The van der Waals surface area contributed by atoms with Crippen molar-refractivity contribution >= 4 is 52.0 Å². The average molecular weight is 941 g/mol. The van der Waals surface area contributed by atoms with Gasteiger partial charge in [-0.3, -0.25) is 0 Å². The molecular formula is C54H78N4Se2. The van der Waals surface area contributed by atoms with Crippen LogP contribution in [0.5, 0.6) is 0 Å². The molecule has 2 aromatic heterocycles. The van der Waals surface area contributed by atoms with Crippen molar-refractivity contribution in [2.24, 2.45) is 0 Å². The van der Waals surface area contributed by atoms with Gasteiger partial charge in [-0.15, -0.1) is 0 Å². The molecule has 0 aliphatic heterocycles. The zero-order valence-corrected chi connectivity index (χ0v) is 42.1. The second-order valence-corrected chi connectivity index (χ2v) is 21.6. The Morgan fingerprint density at radius 2 is 0.633 bits per heavy atom. The number of rotatable bonds is 28. The van der Waals surface area contributed by atoms with E-state index in [9.17, 15) is 0 Å². The first-order valence-corrected chi connectivity index (χ1v) is 28.2. The summed E-state index contributed by atoms with van der Waals surface area (Å²) in [6, 6.07) is 10.8. The molecule has 5 aromatic rings. The average Bonchev–Trinajstić information content (AvgIpc) is 4.04. The summed E-state index contributed by atoms with van der Waals surface area (Å²) in [5, 5.41) is 0. The molecule has 2 aliphatic rings. The third-order valence-corrected chi connectivity index (χ3v) is 17.3. The molecular weight excluding hydrogens is 863 g/mol. The first kappa shape index (κ1) is 45.9. The second-order valence-electron chi connectivity index (χ2n) is 19.3. The molecule has 2 aliphatic carbocycles. The van der Waals surface area contributed by atoms with E-state index >= 15 is 0 Å². The standard InChI is InChI=1S/C54H78N4Se2/c1-7-11-15-19-23-27-31-53(32-28-24-20-16-12-8-2)43-37-42-44(38-41(43)47-45(53)35-39(5)49-51(47)57-59-55-49)54(33-29-25-21-17-13-9-3,34-30-26-22-18-14-10-4)46-36-40(6)50-52(48(42)46)58-60-56-50/h35-38H,7-34H2,1-6H3. The monoisotopic (exact) mass is 942 g/mol. The van der Waals surface area contributed by atoms with Gasteiger partial charge in [0.05, 0.1) is 0 Å². The Balaban J connectivity index is 1.41. The normalized spacial score (nSPS) is 14.6. The molecule has 60 heavy (non-hydrogen) atoms. The zero-order chi connectivity index (χ0) is 42.0. The fourth-order valence-corrected chi connectivity index (χ4v) is 14.3. The Labute approximate surface area is 377 Å². The molecule has 4 nitrogen and oxygen atoms in total. The van der Waals surface area contributed by atoms with Crippen LogP contribution in [-0.4, -0.2) is 45.8 Å². The van der Waals surface area contributed by atoms with E-state index in [-0.39, 0.29) is 40.8 Å². The molecule has 0 fully saturated rings. The van der Waals surface area contributed by atoms with Gasteiger partial charge < -0.3 is 0 Å². The minimum atomic E-state index is -0.0662. The van der Waals surface area contributed by atoms with Gasteiger partial charge in [0, 0.05) is 0 Å². The Morgan fingerprint density at radius 1 is 0.350 bits per heavy atom.